The first-order chi connectivity index (χ1) is 21.8. The van der Waals surface area contributed by atoms with Crippen LogP contribution in [0.2, 0.25) is 0 Å². The fourth-order valence-electron chi connectivity index (χ4n) is 6.44. The molecule has 0 saturated heterocycles. The van der Waals surface area contributed by atoms with Crippen molar-refractivity contribution in [3.05, 3.63) is 170 Å². The third-order valence-corrected chi connectivity index (χ3v) is 8.50. The van der Waals surface area contributed by atoms with Gasteiger partial charge in [0.25, 0.3) is 0 Å². The molecule has 2 heterocycles. The molecule has 0 aliphatic carbocycles. The van der Waals surface area contributed by atoms with Gasteiger partial charge in [-0.3, -0.25) is 4.98 Å². The number of benzene rings is 6. The molecule has 0 amide bonds. The van der Waals surface area contributed by atoms with E-state index < -0.39 is 0 Å². The maximum absolute atomic E-state index is 4.23. The van der Waals surface area contributed by atoms with Gasteiger partial charge in [-0.25, -0.2) is 4.98 Å². The topological polar surface area (TPSA) is 27.0 Å². The van der Waals surface area contributed by atoms with Crippen molar-refractivity contribution in [2.45, 2.75) is 0 Å². The first-order valence-corrected chi connectivity index (χ1v) is 15.0. The normalized spacial score (nSPS) is 10.9. The van der Waals surface area contributed by atoms with Crippen molar-refractivity contribution in [3.8, 4) is 55.6 Å². The van der Waals surface area contributed by atoms with Gasteiger partial charge in [-0.1, -0.05) is 103 Å². The van der Waals surface area contributed by atoms with Gasteiger partial charge < -0.3 is 24.0 Å². The van der Waals surface area contributed by atoms with E-state index in [9.17, 15) is 0 Å². The lowest BCUT2D eigenvalue weighted by Crippen LogP contribution is -3.00. The summed E-state index contributed by atoms with van der Waals surface area (Å²) in [5, 5.41) is 4.97. The molecule has 8 aromatic rings. The standard InChI is InChI=1S/C42H28N2.HI/c1-2-8-29(9-3-1)34-16-17-39-40(28-34)42(36-13-7-11-33(27-36)31-20-24-44-25-21-31)38-15-5-4-14-37(38)41(39)35-12-6-10-32(26-35)30-18-22-43-23-19-30;/h1-28H;1H. The lowest BCUT2D eigenvalue weighted by molar-refractivity contribution is -0.377. The molecule has 0 radical (unpaired) electrons. The van der Waals surface area contributed by atoms with Crippen LogP contribution in [0.3, 0.4) is 0 Å². The number of pyridine rings is 2. The molecule has 0 atom stereocenters. The summed E-state index contributed by atoms with van der Waals surface area (Å²) in [5.41, 5.74) is 12.1. The highest BCUT2D eigenvalue weighted by molar-refractivity contribution is 6.22. The van der Waals surface area contributed by atoms with E-state index in [1.165, 1.54) is 71.6 Å². The van der Waals surface area contributed by atoms with Gasteiger partial charge in [-0.05, 0) is 108 Å². The van der Waals surface area contributed by atoms with E-state index in [4.69, 9.17) is 0 Å². The molecule has 0 aliphatic heterocycles. The molecule has 2 nitrogen and oxygen atoms in total. The number of aromatic nitrogens is 2. The van der Waals surface area contributed by atoms with Crippen LogP contribution >= 0.6 is 0 Å². The first-order valence-electron chi connectivity index (χ1n) is 15.0. The molecule has 8 rings (SSSR count). The minimum atomic E-state index is 0. The molecule has 0 spiro atoms. The smallest absolute Gasteiger partial charge is 0.167 e. The molecule has 3 heteroatoms. The molecule has 0 aliphatic rings. The van der Waals surface area contributed by atoms with Gasteiger partial charge in [0.15, 0.2) is 12.4 Å². The quantitative estimate of drug-likeness (QED) is 0.136. The number of nitrogens with zero attached hydrogens (tertiary/aromatic N) is 1. The second-order valence-electron chi connectivity index (χ2n) is 11.1. The number of hydrogen-bond donors (Lipinski definition) is 0. The van der Waals surface area contributed by atoms with Gasteiger partial charge >= 0.3 is 0 Å². The van der Waals surface area contributed by atoms with Crippen LogP contribution in [-0.2, 0) is 0 Å². The molecule has 0 unspecified atom stereocenters. The van der Waals surface area contributed by atoms with Crippen molar-refractivity contribution < 1.29 is 29.0 Å². The van der Waals surface area contributed by atoms with Crippen molar-refractivity contribution >= 4 is 21.5 Å². The van der Waals surface area contributed by atoms with E-state index in [-0.39, 0.29) is 24.0 Å². The summed E-state index contributed by atoms with van der Waals surface area (Å²) in [7, 11) is 0. The number of rotatable bonds is 5. The van der Waals surface area contributed by atoms with E-state index in [1.807, 2.05) is 24.8 Å². The largest absolute Gasteiger partial charge is 1.00 e. The zero-order valence-electron chi connectivity index (χ0n) is 24.5. The Bertz CT molecular complexity index is 2260. The summed E-state index contributed by atoms with van der Waals surface area (Å²) in [6.07, 6.45) is 7.67. The number of nitrogens with one attached hydrogen (secondary N) is 1. The first kappa shape index (κ1) is 28.6. The Morgan fingerprint density at radius 2 is 0.800 bits per heavy atom. The van der Waals surface area contributed by atoms with E-state index in [1.54, 1.807) is 0 Å². The van der Waals surface area contributed by atoms with Crippen LogP contribution in [0.4, 0.5) is 0 Å². The SMILES string of the molecule is [I-].c1ccc(-c2ccc3c(-c4cccc(-c5ccncc5)c4)c4ccccc4c(-c4cccc(-c5cc[nH+]cc5)c4)c3c2)cc1. The highest BCUT2D eigenvalue weighted by Gasteiger charge is 2.18. The number of halogens is 1. The van der Waals surface area contributed by atoms with Crippen molar-refractivity contribution in [1.82, 2.24) is 4.98 Å². The Morgan fingerprint density at radius 3 is 1.44 bits per heavy atom. The molecule has 0 saturated carbocycles. The van der Waals surface area contributed by atoms with Crippen LogP contribution in [0.15, 0.2) is 170 Å². The highest BCUT2D eigenvalue weighted by atomic mass is 127. The Morgan fingerprint density at radius 1 is 0.333 bits per heavy atom. The van der Waals surface area contributed by atoms with Gasteiger partial charge in [-0.2, -0.15) is 0 Å². The van der Waals surface area contributed by atoms with E-state index in [2.05, 4.69) is 156 Å². The summed E-state index contributed by atoms with van der Waals surface area (Å²) >= 11 is 0. The van der Waals surface area contributed by atoms with Crippen molar-refractivity contribution in [2.24, 2.45) is 0 Å². The molecule has 1 N–H and O–H groups in total. The summed E-state index contributed by atoms with van der Waals surface area (Å²) < 4.78 is 0. The van der Waals surface area contributed by atoms with Gasteiger partial charge in [-0.15, -0.1) is 0 Å². The second kappa shape index (κ2) is 12.5. The predicted molar refractivity (Wildman–Crippen MR) is 183 cm³/mol. The van der Waals surface area contributed by atoms with E-state index >= 15 is 0 Å². The molecular formula is C42H29IN2. The Kier molecular flexibility index (Phi) is 7.93. The number of fused-ring (bicyclic) bond motifs is 2. The average Bonchev–Trinajstić information content (AvgIpc) is 3.11. The Balaban J connectivity index is 0.00000325. The lowest BCUT2D eigenvalue weighted by atomic mass is 9.84. The van der Waals surface area contributed by atoms with Crippen LogP contribution < -0.4 is 29.0 Å². The summed E-state index contributed by atoms with van der Waals surface area (Å²) in [6.45, 7) is 0. The molecular weight excluding hydrogens is 659 g/mol. The zero-order valence-corrected chi connectivity index (χ0v) is 26.6. The number of hydrogen-bond acceptors (Lipinski definition) is 1. The van der Waals surface area contributed by atoms with Gasteiger partial charge in [0, 0.05) is 24.5 Å². The second-order valence-corrected chi connectivity index (χ2v) is 11.1. The van der Waals surface area contributed by atoms with E-state index in [0.29, 0.717) is 0 Å². The minimum Gasteiger partial charge on any atom is -1.00 e. The van der Waals surface area contributed by atoms with Crippen LogP contribution in [0.25, 0.3) is 77.2 Å². The fraction of sp³-hybridized carbons (Fsp3) is 0. The Labute approximate surface area is 280 Å². The number of aromatic amines is 1. The van der Waals surface area contributed by atoms with Crippen molar-refractivity contribution in [2.75, 3.05) is 0 Å². The Hall–Kier alpha value is -5.13. The zero-order chi connectivity index (χ0) is 29.3. The molecule has 45 heavy (non-hydrogen) atoms. The van der Waals surface area contributed by atoms with Crippen LogP contribution in [0.5, 0.6) is 0 Å². The molecule has 6 aromatic carbocycles. The monoisotopic (exact) mass is 688 g/mol. The van der Waals surface area contributed by atoms with Gasteiger partial charge in [0.05, 0.1) is 0 Å². The molecule has 0 fully saturated rings. The summed E-state index contributed by atoms with van der Waals surface area (Å²) in [6, 6.07) is 52.7. The summed E-state index contributed by atoms with van der Waals surface area (Å²) in [4.78, 5) is 7.38. The van der Waals surface area contributed by atoms with Gasteiger partial charge in [0.2, 0.25) is 0 Å². The lowest BCUT2D eigenvalue weighted by Gasteiger charge is -2.19. The third-order valence-electron chi connectivity index (χ3n) is 8.50. The molecule has 2 aromatic heterocycles. The third kappa shape index (κ3) is 5.41. The van der Waals surface area contributed by atoms with Crippen LogP contribution in [-0.4, -0.2) is 4.98 Å². The average molecular weight is 689 g/mol. The number of H-pyrrole nitrogens is 1. The van der Waals surface area contributed by atoms with Gasteiger partial charge in [0.1, 0.15) is 0 Å². The van der Waals surface area contributed by atoms with E-state index in [0.717, 1.165) is 5.56 Å². The maximum atomic E-state index is 4.23. The molecule has 214 valence electrons. The van der Waals surface area contributed by atoms with Crippen LogP contribution in [0.1, 0.15) is 0 Å². The summed E-state index contributed by atoms with van der Waals surface area (Å²) in [5.74, 6) is 0. The van der Waals surface area contributed by atoms with Crippen molar-refractivity contribution in [1.29, 1.82) is 0 Å². The highest BCUT2D eigenvalue weighted by Crippen LogP contribution is 2.45. The fourth-order valence-corrected chi connectivity index (χ4v) is 6.44. The predicted octanol–water partition coefficient (Wildman–Crippen LogP) is 7.54. The van der Waals surface area contributed by atoms with Crippen molar-refractivity contribution in [3.63, 3.8) is 0 Å². The maximum Gasteiger partial charge on any atom is 0.167 e. The minimum absolute atomic E-state index is 0. The molecule has 0 bridgehead atoms. The van der Waals surface area contributed by atoms with Crippen LogP contribution in [0, 0.1) is 0 Å².